The molecule has 0 aromatic carbocycles. The van der Waals surface area contributed by atoms with Crippen LogP contribution in [-0.4, -0.2) is 43.4 Å². The highest BCUT2D eigenvalue weighted by molar-refractivity contribution is 5.82. The van der Waals surface area contributed by atoms with E-state index in [-0.39, 0.29) is 5.92 Å². The lowest BCUT2D eigenvalue weighted by Crippen LogP contribution is -2.58. The first-order valence-electron chi connectivity index (χ1n) is 6.07. The van der Waals surface area contributed by atoms with Crippen LogP contribution in [0, 0.1) is 11.3 Å². The van der Waals surface area contributed by atoms with E-state index in [9.17, 15) is 4.79 Å². The van der Waals surface area contributed by atoms with E-state index in [2.05, 4.69) is 10.2 Å². The molecule has 15 heavy (non-hydrogen) atoms. The third-order valence-corrected chi connectivity index (χ3v) is 3.94. The molecule has 0 bridgehead atoms. The molecule has 2 heterocycles. The fraction of sp³-hybridized carbons (Fsp3) is 0.917. The molecule has 1 spiro atoms. The van der Waals surface area contributed by atoms with E-state index in [1.807, 2.05) is 13.8 Å². The number of nitrogens with one attached hydrogen (secondary N) is 1. The number of hydrogen-bond acceptors (Lipinski definition) is 3. The van der Waals surface area contributed by atoms with Crippen molar-refractivity contribution in [3.05, 3.63) is 0 Å². The third-order valence-electron chi connectivity index (χ3n) is 3.94. The van der Waals surface area contributed by atoms with Gasteiger partial charge >= 0.3 is 0 Å². The molecular formula is C12H22N2O. The second kappa shape index (κ2) is 4.22. The maximum absolute atomic E-state index is 11.6. The largest absolute Gasteiger partial charge is 0.316 e. The van der Waals surface area contributed by atoms with Crippen LogP contribution in [0.5, 0.6) is 0 Å². The fourth-order valence-corrected chi connectivity index (χ4v) is 2.42. The number of Topliss-reactive ketones (excluding diaryl/α,β-unsaturated/α-hetero) is 1. The van der Waals surface area contributed by atoms with Crippen molar-refractivity contribution in [2.24, 2.45) is 11.3 Å². The first-order valence-corrected chi connectivity index (χ1v) is 6.07. The number of piperidine rings is 1. The molecule has 3 nitrogen and oxygen atoms in total. The Morgan fingerprint density at radius 2 is 1.93 bits per heavy atom. The van der Waals surface area contributed by atoms with Crippen molar-refractivity contribution in [2.75, 3.05) is 32.7 Å². The Hall–Kier alpha value is -0.410. The lowest BCUT2D eigenvalue weighted by molar-refractivity contribution is -0.123. The second-order valence-electron chi connectivity index (χ2n) is 5.50. The Balaban J connectivity index is 1.76. The van der Waals surface area contributed by atoms with Gasteiger partial charge in [0.25, 0.3) is 0 Å². The molecule has 2 aliphatic rings. The lowest BCUT2D eigenvalue weighted by Gasteiger charge is -2.48. The molecule has 2 aliphatic heterocycles. The van der Waals surface area contributed by atoms with Crippen molar-refractivity contribution in [2.45, 2.75) is 26.7 Å². The van der Waals surface area contributed by atoms with Crippen LogP contribution in [-0.2, 0) is 4.79 Å². The number of nitrogens with zero attached hydrogens (tertiary/aromatic N) is 1. The maximum Gasteiger partial charge on any atom is 0.149 e. The van der Waals surface area contributed by atoms with Crippen molar-refractivity contribution in [3.8, 4) is 0 Å². The molecule has 0 aromatic rings. The smallest absolute Gasteiger partial charge is 0.149 e. The lowest BCUT2D eigenvalue weighted by atomic mass is 9.73. The standard InChI is InChI=1S/C12H22N2O/c1-10(2)11(15)7-14-5-3-12(4-6-14)8-13-9-12/h10,13H,3-9H2,1-2H3. The number of likely N-dealkylation sites (tertiary alicyclic amines) is 1. The van der Waals surface area contributed by atoms with Crippen LogP contribution < -0.4 is 5.32 Å². The van der Waals surface area contributed by atoms with Gasteiger partial charge in [-0.15, -0.1) is 0 Å². The van der Waals surface area contributed by atoms with Crippen LogP contribution in [0.2, 0.25) is 0 Å². The van der Waals surface area contributed by atoms with Crippen LogP contribution in [0.4, 0.5) is 0 Å². The van der Waals surface area contributed by atoms with Crippen molar-refractivity contribution < 1.29 is 4.79 Å². The summed E-state index contributed by atoms with van der Waals surface area (Å²) in [4.78, 5) is 13.9. The van der Waals surface area contributed by atoms with Crippen LogP contribution in [0.3, 0.4) is 0 Å². The van der Waals surface area contributed by atoms with Gasteiger partial charge in [0.1, 0.15) is 5.78 Å². The Morgan fingerprint density at radius 1 is 1.33 bits per heavy atom. The van der Waals surface area contributed by atoms with Gasteiger partial charge in [-0.1, -0.05) is 13.8 Å². The normalized spacial score (nSPS) is 25.5. The van der Waals surface area contributed by atoms with Crippen LogP contribution in [0.25, 0.3) is 0 Å². The molecule has 0 aliphatic carbocycles. The van der Waals surface area contributed by atoms with Crippen molar-refractivity contribution in [1.82, 2.24) is 10.2 Å². The van der Waals surface area contributed by atoms with Gasteiger partial charge in [0, 0.05) is 19.0 Å². The molecule has 86 valence electrons. The Bertz CT molecular complexity index is 236. The molecule has 0 radical (unpaired) electrons. The van der Waals surface area contributed by atoms with Gasteiger partial charge in [0.15, 0.2) is 0 Å². The van der Waals surface area contributed by atoms with E-state index >= 15 is 0 Å². The average Bonchev–Trinajstić information content (AvgIpc) is 2.16. The van der Waals surface area contributed by atoms with Gasteiger partial charge in [0.05, 0.1) is 6.54 Å². The molecule has 2 saturated heterocycles. The highest BCUT2D eigenvalue weighted by Gasteiger charge is 2.39. The first kappa shape index (κ1) is 11.1. The van der Waals surface area contributed by atoms with Crippen LogP contribution >= 0.6 is 0 Å². The summed E-state index contributed by atoms with van der Waals surface area (Å²) in [6, 6.07) is 0. The average molecular weight is 210 g/mol. The zero-order valence-corrected chi connectivity index (χ0v) is 9.88. The van der Waals surface area contributed by atoms with Gasteiger partial charge in [0.2, 0.25) is 0 Å². The van der Waals surface area contributed by atoms with Gasteiger partial charge in [-0.05, 0) is 31.3 Å². The maximum atomic E-state index is 11.6. The van der Waals surface area contributed by atoms with Gasteiger partial charge in [-0.2, -0.15) is 0 Å². The van der Waals surface area contributed by atoms with Crippen LogP contribution in [0.15, 0.2) is 0 Å². The SMILES string of the molecule is CC(C)C(=O)CN1CCC2(CC1)CNC2. The Kier molecular flexibility index (Phi) is 3.12. The highest BCUT2D eigenvalue weighted by Crippen LogP contribution is 2.34. The van der Waals surface area contributed by atoms with E-state index in [0.29, 0.717) is 17.7 Å². The molecule has 0 aromatic heterocycles. The minimum Gasteiger partial charge on any atom is -0.316 e. The molecule has 0 atom stereocenters. The van der Waals surface area contributed by atoms with Gasteiger partial charge in [-0.3, -0.25) is 9.69 Å². The Labute approximate surface area is 92.2 Å². The fourth-order valence-electron chi connectivity index (χ4n) is 2.42. The van der Waals surface area contributed by atoms with E-state index in [1.165, 1.54) is 25.9 Å². The molecule has 3 heteroatoms. The summed E-state index contributed by atoms with van der Waals surface area (Å²) in [5.41, 5.74) is 0.595. The summed E-state index contributed by atoms with van der Waals surface area (Å²) in [6.07, 6.45) is 2.54. The van der Waals surface area contributed by atoms with Crippen LogP contribution in [0.1, 0.15) is 26.7 Å². The number of hydrogen-bond donors (Lipinski definition) is 1. The first-order chi connectivity index (χ1) is 7.11. The van der Waals surface area contributed by atoms with Crippen molar-refractivity contribution in [3.63, 3.8) is 0 Å². The van der Waals surface area contributed by atoms with Gasteiger partial charge < -0.3 is 5.32 Å². The summed E-state index contributed by atoms with van der Waals surface area (Å²) >= 11 is 0. The molecule has 1 N–H and O–H groups in total. The van der Waals surface area contributed by atoms with E-state index in [0.717, 1.165) is 13.1 Å². The predicted octanol–water partition coefficient (Wildman–Crippen LogP) is 0.897. The number of rotatable bonds is 3. The topological polar surface area (TPSA) is 32.3 Å². The summed E-state index contributed by atoms with van der Waals surface area (Å²) in [7, 11) is 0. The summed E-state index contributed by atoms with van der Waals surface area (Å²) in [5.74, 6) is 0.573. The molecule has 2 fully saturated rings. The van der Waals surface area contributed by atoms with Gasteiger partial charge in [-0.25, -0.2) is 0 Å². The zero-order chi connectivity index (χ0) is 10.9. The van der Waals surface area contributed by atoms with E-state index in [1.54, 1.807) is 0 Å². The molecule has 0 amide bonds. The van der Waals surface area contributed by atoms with E-state index in [4.69, 9.17) is 0 Å². The quantitative estimate of drug-likeness (QED) is 0.751. The Morgan fingerprint density at radius 3 is 2.33 bits per heavy atom. The van der Waals surface area contributed by atoms with Crippen molar-refractivity contribution in [1.29, 1.82) is 0 Å². The molecular weight excluding hydrogens is 188 g/mol. The second-order valence-corrected chi connectivity index (χ2v) is 5.50. The predicted molar refractivity (Wildman–Crippen MR) is 60.8 cm³/mol. The molecule has 2 rings (SSSR count). The molecule has 0 saturated carbocycles. The summed E-state index contributed by atoms with van der Waals surface area (Å²) < 4.78 is 0. The number of ketones is 1. The minimum absolute atomic E-state index is 0.186. The monoisotopic (exact) mass is 210 g/mol. The third kappa shape index (κ3) is 2.40. The summed E-state index contributed by atoms with van der Waals surface area (Å²) in [5, 5.41) is 3.36. The summed E-state index contributed by atoms with van der Waals surface area (Å²) in [6.45, 7) is 9.26. The number of carbonyl (C=O) groups excluding carboxylic acids is 1. The zero-order valence-electron chi connectivity index (χ0n) is 9.88. The number of carbonyl (C=O) groups is 1. The minimum atomic E-state index is 0.186. The highest BCUT2D eigenvalue weighted by atomic mass is 16.1. The van der Waals surface area contributed by atoms with E-state index < -0.39 is 0 Å². The van der Waals surface area contributed by atoms with Crippen molar-refractivity contribution >= 4 is 5.78 Å². The molecule has 0 unspecified atom stereocenters.